The summed E-state index contributed by atoms with van der Waals surface area (Å²) in [5.74, 6) is -0.864. The Balaban J connectivity index is 1.94. The van der Waals surface area contributed by atoms with E-state index >= 15 is 0 Å². The Morgan fingerprint density at radius 3 is 2.18 bits per heavy atom. The summed E-state index contributed by atoms with van der Waals surface area (Å²) in [6, 6.07) is 19.3. The van der Waals surface area contributed by atoms with Crippen molar-refractivity contribution in [3.63, 3.8) is 0 Å². The van der Waals surface area contributed by atoms with Crippen molar-refractivity contribution in [2.45, 2.75) is 31.3 Å². The lowest BCUT2D eigenvalue weighted by Gasteiger charge is -2.26. The first kappa shape index (κ1) is 21.4. The lowest BCUT2D eigenvalue weighted by molar-refractivity contribution is -0.137. The summed E-state index contributed by atoms with van der Waals surface area (Å²) < 4.78 is 0. The van der Waals surface area contributed by atoms with E-state index in [-0.39, 0.29) is 24.5 Å². The SMILES string of the molecule is CN(C)C(CNC(=O)NC(CCC(=O)O)Cc1ccccc1)c1ccccc1. The molecule has 0 aliphatic heterocycles. The number of likely N-dealkylation sites (N-methyl/N-ethyl adjacent to an activating group) is 1. The molecular weight excluding hydrogens is 354 g/mol. The molecular formula is C22H29N3O3. The summed E-state index contributed by atoms with van der Waals surface area (Å²) in [5.41, 5.74) is 2.19. The van der Waals surface area contributed by atoms with E-state index < -0.39 is 5.97 Å². The summed E-state index contributed by atoms with van der Waals surface area (Å²) >= 11 is 0. The predicted octanol–water partition coefficient (Wildman–Crippen LogP) is 3.06. The molecule has 0 radical (unpaired) electrons. The van der Waals surface area contributed by atoms with Crippen LogP contribution in [0.1, 0.15) is 30.0 Å². The van der Waals surface area contributed by atoms with Gasteiger partial charge in [0.25, 0.3) is 0 Å². The second-order valence-electron chi connectivity index (χ2n) is 7.06. The third-order valence-electron chi connectivity index (χ3n) is 4.63. The van der Waals surface area contributed by atoms with Gasteiger partial charge in [-0.15, -0.1) is 0 Å². The summed E-state index contributed by atoms with van der Waals surface area (Å²) in [7, 11) is 3.95. The molecule has 0 heterocycles. The highest BCUT2D eigenvalue weighted by Gasteiger charge is 2.18. The molecule has 2 atom stereocenters. The molecule has 2 aromatic carbocycles. The van der Waals surface area contributed by atoms with Crippen LogP contribution in [0.25, 0.3) is 0 Å². The number of urea groups is 1. The zero-order valence-electron chi connectivity index (χ0n) is 16.5. The average molecular weight is 383 g/mol. The number of nitrogens with zero attached hydrogens (tertiary/aromatic N) is 1. The van der Waals surface area contributed by atoms with E-state index in [0.717, 1.165) is 11.1 Å². The lowest BCUT2D eigenvalue weighted by atomic mass is 10.0. The van der Waals surface area contributed by atoms with Crippen LogP contribution in [0.3, 0.4) is 0 Å². The van der Waals surface area contributed by atoms with Gasteiger partial charge in [-0.1, -0.05) is 60.7 Å². The fourth-order valence-electron chi connectivity index (χ4n) is 3.12. The van der Waals surface area contributed by atoms with Gasteiger partial charge in [0.15, 0.2) is 0 Å². The highest BCUT2D eigenvalue weighted by atomic mass is 16.4. The molecule has 6 heteroatoms. The van der Waals surface area contributed by atoms with E-state index in [1.165, 1.54) is 0 Å². The Morgan fingerprint density at radius 1 is 1.00 bits per heavy atom. The Hall–Kier alpha value is -2.86. The summed E-state index contributed by atoms with van der Waals surface area (Å²) in [5, 5.41) is 14.9. The van der Waals surface area contributed by atoms with Crippen LogP contribution in [-0.4, -0.2) is 48.7 Å². The normalized spacial score (nSPS) is 13.0. The van der Waals surface area contributed by atoms with Crippen molar-refractivity contribution in [1.29, 1.82) is 0 Å². The van der Waals surface area contributed by atoms with Crippen molar-refractivity contribution >= 4 is 12.0 Å². The van der Waals surface area contributed by atoms with Gasteiger partial charge in [-0.2, -0.15) is 0 Å². The fraction of sp³-hybridized carbons (Fsp3) is 0.364. The maximum atomic E-state index is 12.5. The first-order chi connectivity index (χ1) is 13.5. The zero-order chi connectivity index (χ0) is 20.4. The standard InChI is InChI=1S/C22H29N3O3/c1-25(2)20(18-11-7-4-8-12-18)16-23-22(28)24-19(13-14-21(26)27)15-17-9-5-3-6-10-17/h3-12,19-20H,13-16H2,1-2H3,(H,26,27)(H2,23,24,28). The largest absolute Gasteiger partial charge is 0.481 e. The number of hydrogen-bond acceptors (Lipinski definition) is 3. The van der Waals surface area contributed by atoms with E-state index in [2.05, 4.69) is 15.5 Å². The van der Waals surface area contributed by atoms with Gasteiger partial charge in [0.1, 0.15) is 0 Å². The Bertz CT molecular complexity index is 735. The van der Waals surface area contributed by atoms with Crippen molar-refractivity contribution in [3.05, 3.63) is 71.8 Å². The lowest BCUT2D eigenvalue weighted by Crippen LogP contribution is -2.45. The molecule has 2 rings (SSSR count). The minimum Gasteiger partial charge on any atom is -0.481 e. The molecule has 0 bridgehead atoms. The fourth-order valence-corrected chi connectivity index (χ4v) is 3.12. The molecule has 28 heavy (non-hydrogen) atoms. The highest BCUT2D eigenvalue weighted by molar-refractivity contribution is 5.74. The number of amides is 2. The predicted molar refractivity (Wildman–Crippen MR) is 110 cm³/mol. The van der Waals surface area contributed by atoms with Crippen molar-refractivity contribution in [3.8, 4) is 0 Å². The zero-order valence-corrected chi connectivity index (χ0v) is 16.5. The van der Waals surface area contributed by atoms with E-state index in [1.807, 2.05) is 74.8 Å². The second-order valence-corrected chi connectivity index (χ2v) is 7.06. The smallest absolute Gasteiger partial charge is 0.315 e. The molecule has 0 fully saturated rings. The van der Waals surface area contributed by atoms with E-state index in [1.54, 1.807) is 0 Å². The molecule has 150 valence electrons. The number of benzene rings is 2. The summed E-state index contributed by atoms with van der Waals surface area (Å²) in [4.78, 5) is 25.5. The van der Waals surface area contributed by atoms with Crippen LogP contribution < -0.4 is 10.6 Å². The Labute approximate surface area is 166 Å². The van der Waals surface area contributed by atoms with Crippen molar-refractivity contribution in [1.82, 2.24) is 15.5 Å². The Morgan fingerprint density at radius 2 is 1.61 bits per heavy atom. The maximum absolute atomic E-state index is 12.5. The van der Waals surface area contributed by atoms with Gasteiger partial charge in [0.05, 0.1) is 6.04 Å². The monoisotopic (exact) mass is 383 g/mol. The molecule has 0 aliphatic rings. The van der Waals surface area contributed by atoms with Crippen LogP contribution in [0.2, 0.25) is 0 Å². The van der Waals surface area contributed by atoms with Crippen molar-refractivity contribution < 1.29 is 14.7 Å². The number of aliphatic carboxylic acids is 1. The molecule has 0 saturated carbocycles. The summed E-state index contributed by atoms with van der Waals surface area (Å²) in [6.07, 6.45) is 0.993. The molecule has 3 N–H and O–H groups in total. The third kappa shape index (κ3) is 7.40. The third-order valence-corrected chi connectivity index (χ3v) is 4.63. The molecule has 2 aromatic rings. The highest BCUT2D eigenvalue weighted by Crippen LogP contribution is 2.16. The quantitative estimate of drug-likeness (QED) is 0.589. The van der Waals surface area contributed by atoms with Crippen LogP contribution >= 0.6 is 0 Å². The Kier molecular flexibility index (Phi) is 8.49. The number of carbonyl (C=O) groups excluding carboxylic acids is 1. The molecule has 2 unspecified atom stereocenters. The summed E-state index contributed by atoms with van der Waals surface area (Å²) in [6.45, 7) is 0.458. The number of hydrogen-bond donors (Lipinski definition) is 3. The average Bonchev–Trinajstić information content (AvgIpc) is 2.67. The molecule has 6 nitrogen and oxygen atoms in total. The number of rotatable bonds is 10. The molecule has 0 aromatic heterocycles. The minimum absolute atomic E-state index is 0.0160. The first-order valence-electron chi connectivity index (χ1n) is 9.47. The van der Waals surface area contributed by atoms with E-state index in [9.17, 15) is 9.59 Å². The van der Waals surface area contributed by atoms with Gasteiger partial charge >= 0.3 is 12.0 Å². The number of carboxylic acids is 1. The van der Waals surface area contributed by atoms with Crippen LogP contribution in [-0.2, 0) is 11.2 Å². The van der Waals surface area contributed by atoms with Gasteiger partial charge < -0.3 is 20.6 Å². The van der Waals surface area contributed by atoms with E-state index in [0.29, 0.717) is 19.4 Å². The van der Waals surface area contributed by atoms with Gasteiger partial charge in [-0.25, -0.2) is 4.79 Å². The van der Waals surface area contributed by atoms with Gasteiger partial charge in [0, 0.05) is 19.0 Å². The van der Waals surface area contributed by atoms with E-state index in [4.69, 9.17) is 5.11 Å². The minimum atomic E-state index is -0.864. The molecule has 0 spiro atoms. The maximum Gasteiger partial charge on any atom is 0.315 e. The van der Waals surface area contributed by atoms with Crippen LogP contribution in [0, 0.1) is 0 Å². The first-order valence-corrected chi connectivity index (χ1v) is 9.47. The number of nitrogens with one attached hydrogen (secondary N) is 2. The van der Waals surface area contributed by atoms with Crippen molar-refractivity contribution in [2.75, 3.05) is 20.6 Å². The molecule has 0 aliphatic carbocycles. The van der Waals surface area contributed by atoms with Crippen LogP contribution in [0.4, 0.5) is 4.79 Å². The van der Waals surface area contributed by atoms with Gasteiger partial charge in [-0.3, -0.25) is 4.79 Å². The van der Waals surface area contributed by atoms with Crippen LogP contribution in [0.5, 0.6) is 0 Å². The van der Waals surface area contributed by atoms with Gasteiger partial charge in [0.2, 0.25) is 0 Å². The number of carboxylic acid groups (broad SMARTS) is 1. The van der Waals surface area contributed by atoms with Gasteiger partial charge in [-0.05, 0) is 38.1 Å². The number of carbonyl (C=O) groups is 2. The van der Waals surface area contributed by atoms with Crippen molar-refractivity contribution in [2.24, 2.45) is 0 Å². The molecule has 2 amide bonds. The van der Waals surface area contributed by atoms with Crippen LogP contribution in [0.15, 0.2) is 60.7 Å². The topological polar surface area (TPSA) is 81.7 Å². The molecule has 0 saturated heterocycles. The second kappa shape index (κ2) is 11.1.